The molecule has 0 saturated carbocycles. The third-order valence-electron chi connectivity index (χ3n) is 5.93. The van der Waals surface area contributed by atoms with Gasteiger partial charge in [0.05, 0.1) is 0 Å². The number of aryl methyl sites for hydroxylation is 1. The van der Waals surface area contributed by atoms with Crippen LogP contribution in [-0.2, 0) is 4.79 Å². The monoisotopic (exact) mass is 514 g/mol. The van der Waals surface area contributed by atoms with Gasteiger partial charge < -0.3 is 15.5 Å². The molecule has 2 rings (SSSR count). The van der Waals surface area contributed by atoms with E-state index in [2.05, 4.69) is 67.6 Å². The highest BCUT2D eigenvalue weighted by molar-refractivity contribution is 14.0. The van der Waals surface area contributed by atoms with Crippen molar-refractivity contribution < 1.29 is 4.79 Å². The van der Waals surface area contributed by atoms with Gasteiger partial charge in [0.1, 0.15) is 0 Å². The number of benzene rings is 1. The second-order valence-corrected chi connectivity index (χ2v) is 8.02. The molecule has 164 valence electrons. The van der Waals surface area contributed by atoms with E-state index in [4.69, 9.17) is 0 Å². The van der Waals surface area contributed by atoms with Gasteiger partial charge >= 0.3 is 0 Å². The topological polar surface area (TPSA) is 56.7 Å². The van der Waals surface area contributed by atoms with Gasteiger partial charge in [0.15, 0.2) is 5.96 Å². The minimum absolute atomic E-state index is 0. The lowest BCUT2D eigenvalue weighted by molar-refractivity contribution is -0.136. The van der Waals surface area contributed by atoms with E-state index >= 15 is 0 Å². The largest absolute Gasteiger partial charge is 0.356 e. The Morgan fingerprint density at radius 3 is 2.28 bits per heavy atom. The number of carbonyl (C=O) groups is 1. The van der Waals surface area contributed by atoms with Crippen LogP contribution in [0.25, 0.3) is 0 Å². The minimum Gasteiger partial charge on any atom is -0.356 e. The third-order valence-corrected chi connectivity index (χ3v) is 5.93. The van der Waals surface area contributed by atoms with Crippen molar-refractivity contribution in [2.24, 2.45) is 10.9 Å². The lowest BCUT2D eigenvalue weighted by atomic mass is 9.98. The summed E-state index contributed by atoms with van der Waals surface area (Å²) in [5.41, 5.74) is 2.62. The highest BCUT2D eigenvalue weighted by Crippen LogP contribution is 2.18. The summed E-state index contributed by atoms with van der Waals surface area (Å²) in [4.78, 5) is 19.0. The fourth-order valence-electron chi connectivity index (χ4n) is 3.79. The first-order valence-electron chi connectivity index (χ1n) is 10.8. The Morgan fingerprint density at radius 1 is 1.17 bits per heavy atom. The van der Waals surface area contributed by atoms with Gasteiger partial charge in [-0.25, -0.2) is 0 Å². The smallest absolute Gasteiger partial charge is 0.225 e. The first-order valence-corrected chi connectivity index (χ1v) is 10.8. The van der Waals surface area contributed by atoms with Gasteiger partial charge in [-0.15, -0.1) is 24.0 Å². The summed E-state index contributed by atoms with van der Waals surface area (Å²) in [6.07, 6.45) is 3.81. The molecule has 1 fully saturated rings. The van der Waals surface area contributed by atoms with Crippen LogP contribution in [0.4, 0.5) is 0 Å². The van der Waals surface area contributed by atoms with Gasteiger partial charge in [-0.1, -0.05) is 50.6 Å². The molecule has 1 aliphatic heterocycles. The first kappa shape index (κ1) is 25.7. The van der Waals surface area contributed by atoms with Crippen molar-refractivity contribution in [2.75, 3.05) is 26.7 Å². The van der Waals surface area contributed by atoms with Crippen LogP contribution in [0.3, 0.4) is 0 Å². The molecule has 0 aliphatic carbocycles. The van der Waals surface area contributed by atoms with Crippen molar-refractivity contribution in [1.29, 1.82) is 0 Å². The second kappa shape index (κ2) is 13.1. The number of hydrogen-bond acceptors (Lipinski definition) is 2. The molecule has 1 saturated heterocycles. The number of hydrogen-bond donors (Lipinski definition) is 2. The fraction of sp³-hybridized carbons (Fsp3) is 0.652. The number of aliphatic imine (C=N–C) groups is 1. The summed E-state index contributed by atoms with van der Waals surface area (Å²) >= 11 is 0. The van der Waals surface area contributed by atoms with Crippen LogP contribution in [0, 0.1) is 12.8 Å². The van der Waals surface area contributed by atoms with Crippen molar-refractivity contribution >= 4 is 35.8 Å². The lowest BCUT2D eigenvalue weighted by Gasteiger charge is -2.35. The van der Waals surface area contributed by atoms with Crippen molar-refractivity contribution in [3.8, 4) is 0 Å². The SMILES string of the molecule is CCC(CC)C(=O)N1CCC(NC(=NC)NCC(C)c2ccc(C)cc2)CC1.I. The number of halogens is 1. The molecule has 1 aromatic carbocycles. The maximum Gasteiger partial charge on any atom is 0.225 e. The van der Waals surface area contributed by atoms with Crippen molar-refractivity contribution in [1.82, 2.24) is 15.5 Å². The predicted molar refractivity (Wildman–Crippen MR) is 133 cm³/mol. The molecular weight excluding hydrogens is 475 g/mol. The molecule has 2 N–H and O–H groups in total. The van der Waals surface area contributed by atoms with E-state index in [0.717, 1.165) is 51.3 Å². The number of guanidine groups is 1. The van der Waals surface area contributed by atoms with Crippen LogP contribution in [0.15, 0.2) is 29.3 Å². The summed E-state index contributed by atoms with van der Waals surface area (Å²) < 4.78 is 0. The molecule has 5 nitrogen and oxygen atoms in total. The highest BCUT2D eigenvalue weighted by atomic mass is 127. The Bertz CT molecular complexity index is 635. The normalized spacial score (nSPS) is 16.3. The van der Waals surface area contributed by atoms with E-state index in [1.54, 1.807) is 0 Å². The van der Waals surface area contributed by atoms with Gasteiger partial charge in [-0.2, -0.15) is 0 Å². The summed E-state index contributed by atoms with van der Waals surface area (Å²) in [6.45, 7) is 11.1. The average Bonchev–Trinajstić information content (AvgIpc) is 2.72. The molecule has 6 heteroatoms. The van der Waals surface area contributed by atoms with Gasteiger partial charge in [0.2, 0.25) is 5.91 Å². The van der Waals surface area contributed by atoms with Crippen LogP contribution in [-0.4, -0.2) is 49.5 Å². The van der Waals surface area contributed by atoms with Gasteiger partial charge in [0, 0.05) is 38.6 Å². The molecule has 0 spiro atoms. The van der Waals surface area contributed by atoms with Crippen LogP contribution in [0.2, 0.25) is 0 Å². The van der Waals surface area contributed by atoms with E-state index in [1.165, 1.54) is 11.1 Å². The molecule has 0 radical (unpaired) electrons. The average molecular weight is 514 g/mol. The molecule has 1 aromatic rings. The summed E-state index contributed by atoms with van der Waals surface area (Å²) in [6, 6.07) is 9.09. The van der Waals surface area contributed by atoms with E-state index < -0.39 is 0 Å². The number of nitrogens with zero attached hydrogens (tertiary/aromatic N) is 2. The standard InChI is InChI=1S/C23H38N4O.HI/c1-6-19(7-2)22(28)27-14-12-21(13-15-27)26-23(24-5)25-16-18(4)20-10-8-17(3)9-11-20;/h8-11,18-19,21H,6-7,12-16H2,1-5H3,(H2,24,25,26);1H. The third kappa shape index (κ3) is 7.79. The zero-order valence-corrected chi connectivity index (χ0v) is 21.0. The number of piperidine rings is 1. The maximum absolute atomic E-state index is 12.5. The molecule has 1 aliphatic rings. The van der Waals surface area contributed by atoms with Crippen molar-refractivity contribution in [2.45, 2.75) is 65.3 Å². The summed E-state index contributed by atoms with van der Waals surface area (Å²) in [7, 11) is 1.82. The zero-order valence-electron chi connectivity index (χ0n) is 18.7. The lowest BCUT2D eigenvalue weighted by Crippen LogP contribution is -2.51. The fourth-order valence-corrected chi connectivity index (χ4v) is 3.79. The van der Waals surface area contributed by atoms with Crippen LogP contribution < -0.4 is 10.6 Å². The van der Waals surface area contributed by atoms with Crippen molar-refractivity contribution in [3.05, 3.63) is 35.4 Å². The van der Waals surface area contributed by atoms with Crippen molar-refractivity contribution in [3.63, 3.8) is 0 Å². The van der Waals surface area contributed by atoms with Crippen LogP contribution >= 0.6 is 24.0 Å². The molecular formula is C23H39IN4O. The van der Waals surface area contributed by atoms with Gasteiger partial charge in [0.25, 0.3) is 0 Å². The van der Waals surface area contributed by atoms with Gasteiger partial charge in [-0.3, -0.25) is 9.79 Å². The molecule has 1 amide bonds. The molecule has 1 atom stereocenters. The number of likely N-dealkylation sites (tertiary alicyclic amines) is 1. The summed E-state index contributed by atoms with van der Waals surface area (Å²) in [5.74, 6) is 1.78. The molecule has 1 unspecified atom stereocenters. The number of carbonyl (C=O) groups excluding carboxylic acids is 1. The maximum atomic E-state index is 12.5. The molecule has 0 bridgehead atoms. The van der Waals surface area contributed by atoms with E-state index in [1.807, 2.05) is 11.9 Å². The molecule has 1 heterocycles. The Kier molecular flexibility index (Phi) is 11.6. The number of rotatable bonds is 7. The van der Waals surface area contributed by atoms with Crippen LogP contribution in [0.5, 0.6) is 0 Å². The summed E-state index contributed by atoms with van der Waals surface area (Å²) in [5, 5.41) is 7.00. The minimum atomic E-state index is 0. The molecule has 0 aromatic heterocycles. The second-order valence-electron chi connectivity index (χ2n) is 8.02. The Hall–Kier alpha value is -1.31. The quantitative estimate of drug-likeness (QED) is 0.324. The first-order chi connectivity index (χ1) is 13.5. The van der Waals surface area contributed by atoms with E-state index in [9.17, 15) is 4.79 Å². The predicted octanol–water partition coefficient (Wildman–Crippen LogP) is 4.31. The molecule has 29 heavy (non-hydrogen) atoms. The Labute approximate surface area is 194 Å². The van der Waals surface area contributed by atoms with E-state index in [0.29, 0.717) is 17.9 Å². The van der Waals surface area contributed by atoms with Crippen LogP contribution in [0.1, 0.15) is 63.5 Å². The Balaban J connectivity index is 0.00000420. The highest BCUT2D eigenvalue weighted by Gasteiger charge is 2.26. The number of amides is 1. The number of nitrogens with one attached hydrogen (secondary N) is 2. The zero-order chi connectivity index (χ0) is 20.5. The van der Waals surface area contributed by atoms with E-state index in [-0.39, 0.29) is 29.9 Å². The van der Waals surface area contributed by atoms with Gasteiger partial charge in [-0.05, 0) is 44.1 Å². The Morgan fingerprint density at radius 2 is 1.76 bits per heavy atom.